The van der Waals surface area contributed by atoms with Crippen molar-refractivity contribution in [1.82, 2.24) is 0 Å². The van der Waals surface area contributed by atoms with Crippen LogP contribution < -0.4 is 0 Å². The van der Waals surface area contributed by atoms with Crippen LogP contribution in [-0.2, 0) is 13.3 Å². The standard InChI is InChI=1S/C7H11F7O3Si/c1-15-18(16-2,17-3)4-5(8,9)6(10,11)7(12,13)14/h4H2,1-3H3. The van der Waals surface area contributed by atoms with E-state index in [1.165, 1.54) is 0 Å². The van der Waals surface area contributed by atoms with Gasteiger partial charge in [0, 0.05) is 21.3 Å². The van der Waals surface area contributed by atoms with Crippen molar-refractivity contribution in [2.75, 3.05) is 21.3 Å². The monoisotopic (exact) mass is 304 g/mol. The zero-order valence-corrected chi connectivity index (χ0v) is 10.6. The van der Waals surface area contributed by atoms with Crippen LogP contribution in [0.15, 0.2) is 0 Å². The molecule has 0 bridgehead atoms. The van der Waals surface area contributed by atoms with Gasteiger partial charge in [-0.3, -0.25) is 0 Å². The van der Waals surface area contributed by atoms with Crippen LogP contribution in [-0.4, -0.2) is 48.2 Å². The number of rotatable bonds is 6. The molecule has 0 amide bonds. The van der Waals surface area contributed by atoms with Gasteiger partial charge in [-0.05, 0) is 0 Å². The largest absolute Gasteiger partial charge is 0.506 e. The van der Waals surface area contributed by atoms with E-state index < -0.39 is 32.9 Å². The molecule has 0 fully saturated rings. The van der Waals surface area contributed by atoms with Crippen LogP contribution in [0.4, 0.5) is 30.7 Å². The van der Waals surface area contributed by atoms with Gasteiger partial charge in [0.2, 0.25) is 0 Å². The van der Waals surface area contributed by atoms with Crippen molar-refractivity contribution >= 4 is 8.80 Å². The zero-order valence-electron chi connectivity index (χ0n) is 9.58. The van der Waals surface area contributed by atoms with E-state index in [4.69, 9.17) is 0 Å². The van der Waals surface area contributed by atoms with Gasteiger partial charge < -0.3 is 13.3 Å². The van der Waals surface area contributed by atoms with Crippen molar-refractivity contribution < 1.29 is 44.0 Å². The third-order valence-corrected chi connectivity index (χ3v) is 4.93. The van der Waals surface area contributed by atoms with Crippen molar-refractivity contribution in [3.8, 4) is 0 Å². The van der Waals surface area contributed by atoms with Crippen LogP contribution in [0.25, 0.3) is 0 Å². The predicted molar refractivity (Wildman–Crippen MR) is 47.5 cm³/mol. The second kappa shape index (κ2) is 5.31. The third-order valence-electron chi connectivity index (χ3n) is 2.19. The Labute approximate surface area is 99.2 Å². The van der Waals surface area contributed by atoms with Crippen LogP contribution in [0.2, 0.25) is 6.04 Å². The number of hydrogen-bond acceptors (Lipinski definition) is 3. The molecule has 18 heavy (non-hydrogen) atoms. The summed E-state index contributed by atoms with van der Waals surface area (Å²) >= 11 is 0. The zero-order chi connectivity index (χ0) is 14.8. The molecule has 0 atom stereocenters. The van der Waals surface area contributed by atoms with Gasteiger partial charge in [-0.2, -0.15) is 30.7 Å². The van der Waals surface area contributed by atoms with Crippen LogP contribution in [0, 0.1) is 0 Å². The van der Waals surface area contributed by atoms with Crippen molar-refractivity contribution in [3.05, 3.63) is 0 Å². The number of halogens is 7. The first-order valence-electron chi connectivity index (χ1n) is 4.37. The molecule has 0 saturated carbocycles. The van der Waals surface area contributed by atoms with E-state index in [0.717, 1.165) is 21.3 Å². The summed E-state index contributed by atoms with van der Waals surface area (Å²) in [5, 5.41) is 0. The van der Waals surface area contributed by atoms with Gasteiger partial charge in [-0.15, -0.1) is 0 Å². The summed E-state index contributed by atoms with van der Waals surface area (Å²) in [7, 11) is -1.81. The smallest absolute Gasteiger partial charge is 0.377 e. The molecule has 0 rings (SSSR count). The highest BCUT2D eigenvalue weighted by molar-refractivity contribution is 6.60. The molecule has 11 heteroatoms. The van der Waals surface area contributed by atoms with Crippen molar-refractivity contribution in [1.29, 1.82) is 0 Å². The maximum Gasteiger partial charge on any atom is 0.506 e. The first kappa shape index (κ1) is 17.6. The molecule has 0 aliphatic heterocycles. The maximum atomic E-state index is 13.1. The molecule has 110 valence electrons. The lowest BCUT2D eigenvalue weighted by atomic mass is 10.2. The van der Waals surface area contributed by atoms with Crippen LogP contribution in [0.1, 0.15) is 0 Å². The summed E-state index contributed by atoms with van der Waals surface area (Å²) in [4.78, 5) is 0. The second-order valence-electron chi connectivity index (χ2n) is 3.25. The highest BCUT2D eigenvalue weighted by Gasteiger charge is 2.75. The Bertz CT molecular complexity index is 268. The molecule has 0 saturated heterocycles. The average molecular weight is 304 g/mol. The Hall–Kier alpha value is -0.393. The van der Waals surface area contributed by atoms with Crippen LogP contribution in [0.5, 0.6) is 0 Å². The van der Waals surface area contributed by atoms with Gasteiger partial charge in [-0.25, -0.2) is 0 Å². The Kier molecular flexibility index (Phi) is 5.19. The molecule has 0 unspecified atom stereocenters. The van der Waals surface area contributed by atoms with Gasteiger partial charge in [0.25, 0.3) is 0 Å². The molecule has 3 nitrogen and oxygen atoms in total. The van der Waals surface area contributed by atoms with Gasteiger partial charge in [0.1, 0.15) is 0 Å². The highest BCUT2D eigenvalue weighted by atomic mass is 28.4. The van der Waals surface area contributed by atoms with E-state index in [-0.39, 0.29) is 0 Å². The third kappa shape index (κ3) is 3.13. The Morgan fingerprint density at radius 2 is 1.11 bits per heavy atom. The lowest BCUT2D eigenvalue weighted by molar-refractivity contribution is -0.351. The van der Waals surface area contributed by atoms with Crippen molar-refractivity contribution in [3.63, 3.8) is 0 Å². The molecular formula is C7H11F7O3Si. The summed E-state index contributed by atoms with van der Waals surface area (Å²) in [5.74, 6) is -11.6. The fraction of sp³-hybridized carbons (Fsp3) is 1.00. The summed E-state index contributed by atoms with van der Waals surface area (Å²) in [6.07, 6.45) is -6.38. The first-order valence-corrected chi connectivity index (χ1v) is 6.30. The van der Waals surface area contributed by atoms with Crippen molar-refractivity contribution in [2.24, 2.45) is 0 Å². The fourth-order valence-electron chi connectivity index (χ4n) is 1.06. The van der Waals surface area contributed by atoms with E-state index in [2.05, 4.69) is 13.3 Å². The van der Waals surface area contributed by atoms with Gasteiger partial charge in [-0.1, -0.05) is 0 Å². The SMILES string of the molecule is CO[Si](CC(F)(F)C(F)(F)C(F)(F)F)(OC)OC. The van der Waals surface area contributed by atoms with E-state index in [0.29, 0.717) is 0 Å². The van der Waals surface area contributed by atoms with Crippen molar-refractivity contribution in [2.45, 2.75) is 24.1 Å². The van der Waals surface area contributed by atoms with E-state index in [1.54, 1.807) is 0 Å². The predicted octanol–water partition coefficient (Wildman–Crippen LogP) is 2.70. The average Bonchev–Trinajstić information content (AvgIpc) is 2.24. The quantitative estimate of drug-likeness (QED) is 0.558. The molecule has 0 aliphatic rings. The summed E-state index contributed by atoms with van der Waals surface area (Å²) in [6.45, 7) is 0. The lowest BCUT2D eigenvalue weighted by Crippen LogP contribution is -2.58. The van der Waals surface area contributed by atoms with Gasteiger partial charge >= 0.3 is 26.8 Å². The summed E-state index contributed by atoms with van der Waals surface area (Å²) < 4.78 is 100. The molecule has 0 N–H and O–H groups in total. The van der Waals surface area contributed by atoms with Crippen LogP contribution >= 0.6 is 0 Å². The molecule has 0 aromatic heterocycles. The van der Waals surface area contributed by atoms with Gasteiger partial charge in [0.05, 0.1) is 6.04 Å². The second-order valence-corrected chi connectivity index (χ2v) is 6.19. The van der Waals surface area contributed by atoms with Gasteiger partial charge in [0.15, 0.2) is 0 Å². The van der Waals surface area contributed by atoms with E-state index >= 15 is 0 Å². The number of alkyl halides is 7. The number of hydrogen-bond donors (Lipinski definition) is 0. The minimum atomic E-state index is -6.38. The molecule has 0 heterocycles. The maximum absolute atomic E-state index is 13.1. The normalized spacial score (nSPS) is 15.0. The van der Waals surface area contributed by atoms with E-state index in [1.807, 2.05) is 0 Å². The Balaban J connectivity index is 5.28. The Morgan fingerprint density at radius 3 is 1.33 bits per heavy atom. The first-order chi connectivity index (χ1) is 7.89. The molecule has 0 aliphatic carbocycles. The molecule has 0 radical (unpaired) electrons. The van der Waals surface area contributed by atoms with E-state index in [9.17, 15) is 30.7 Å². The minimum Gasteiger partial charge on any atom is -0.377 e. The molecule has 0 spiro atoms. The molecule has 0 aromatic rings. The Morgan fingerprint density at radius 1 is 0.778 bits per heavy atom. The fourth-order valence-corrected chi connectivity index (χ4v) is 2.76. The highest BCUT2D eigenvalue weighted by Crippen LogP contribution is 2.49. The van der Waals surface area contributed by atoms with Crippen LogP contribution in [0.3, 0.4) is 0 Å². The summed E-state index contributed by atoms with van der Waals surface area (Å²) in [6, 6.07) is -1.99. The molecule has 0 aromatic carbocycles. The minimum absolute atomic E-state index is 0.820. The lowest BCUT2D eigenvalue weighted by Gasteiger charge is -2.33. The summed E-state index contributed by atoms with van der Waals surface area (Å²) in [5.41, 5.74) is 0. The molecular weight excluding hydrogens is 293 g/mol. The topological polar surface area (TPSA) is 27.7 Å².